The summed E-state index contributed by atoms with van der Waals surface area (Å²) in [7, 11) is -3.00. The highest BCUT2D eigenvalue weighted by Gasteiger charge is 2.45. The number of aliphatic hydroxyl groups is 2. The van der Waals surface area contributed by atoms with E-state index in [1.165, 1.54) is 17.9 Å². The molecule has 2 aromatic heterocycles. The van der Waals surface area contributed by atoms with E-state index in [9.17, 15) is 29.2 Å². The van der Waals surface area contributed by atoms with Crippen LogP contribution in [0, 0.1) is 10.8 Å². The summed E-state index contributed by atoms with van der Waals surface area (Å²) >= 11 is 6.24. The number of likely N-dealkylation sites (N-methyl/N-ethyl adjacent to an activating group) is 1. The Kier molecular flexibility index (Phi) is 12.3. The van der Waals surface area contributed by atoms with Gasteiger partial charge < -0.3 is 34.6 Å². The van der Waals surface area contributed by atoms with Crippen LogP contribution in [-0.2, 0) is 42.2 Å². The van der Waals surface area contributed by atoms with Gasteiger partial charge >= 0.3 is 19.5 Å². The van der Waals surface area contributed by atoms with Crippen LogP contribution < -0.4 is 5.32 Å². The number of hydrogen-bond donors (Lipinski definition) is 3. The number of esters is 2. The third-order valence-electron chi connectivity index (χ3n) is 8.01. The lowest BCUT2D eigenvalue weighted by atomic mass is 9.98. The van der Waals surface area contributed by atoms with Gasteiger partial charge in [-0.25, -0.2) is 4.98 Å². The Hall–Kier alpha value is -2.92. The number of halogens is 1. The minimum atomic E-state index is -4.36. The molecule has 2 fully saturated rings. The molecule has 1 amide bonds. The molecule has 0 spiro atoms. The molecule has 0 aromatic carbocycles. The maximum absolute atomic E-state index is 13.6. The SMILES string of the molecule is CN(C[C@H]1O[C@@H](n2cnc3c(NC4CCCC4)nc(Cl)nc32)[C@H](O)[C@@H]1O)C(=O)CP(=O)(OCOC(=O)C(C)(C)C)OCOC(=O)C(C)(C)C. The molecule has 1 aliphatic heterocycles. The van der Waals surface area contributed by atoms with Gasteiger partial charge in [-0.2, -0.15) is 9.97 Å². The molecule has 2 aliphatic rings. The third kappa shape index (κ3) is 9.87. The fourth-order valence-corrected chi connectivity index (χ4v) is 6.51. The quantitative estimate of drug-likeness (QED) is 0.117. The maximum atomic E-state index is 13.6. The van der Waals surface area contributed by atoms with Gasteiger partial charge in [0.2, 0.25) is 24.8 Å². The van der Waals surface area contributed by atoms with Crippen LogP contribution in [0.1, 0.15) is 73.5 Å². The topological polar surface area (TPSA) is 214 Å². The van der Waals surface area contributed by atoms with Crippen LogP contribution in [0.2, 0.25) is 5.28 Å². The van der Waals surface area contributed by atoms with Gasteiger partial charge in [-0.05, 0) is 66.0 Å². The smallest absolute Gasteiger partial charge is 0.345 e. The first-order valence-electron chi connectivity index (χ1n) is 15.9. The summed E-state index contributed by atoms with van der Waals surface area (Å²) in [6.45, 7) is 7.84. The summed E-state index contributed by atoms with van der Waals surface area (Å²) in [6, 6.07) is 0.218. The molecule has 1 aliphatic carbocycles. The summed E-state index contributed by atoms with van der Waals surface area (Å²) in [5.74, 6) is -1.62. The van der Waals surface area contributed by atoms with Gasteiger partial charge in [-0.15, -0.1) is 0 Å². The van der Waals surface area contributed by atoms with Crippen LogP contribution in [0.25, 0.3) is 11.2 Å². The Bertz CT molecular complexity index is 1520. The number of nitrogens with zero attached hydrogens (tertiary/aromatic N) is 5. The number of carbonyl (C=O) groups is 3. The molecule has 4 atom stereocenters. The van der Waals surface area contributed by atoms with Gasteiger partial charge in [0, 0.05) is 19.6 Å². The number of anilines is 1. The molecule has 2 aromatic rings. The first-order valence-corrected chi connectivity index (χ1v) is 18.0. The lowest BCUT2D eigenvalue weighted by molar-refractivity contribution is -0.162. The van der Waals surface area contributed by atoms with Gasteiger partial charge in [0.1, 0.15) is 24.5 Å². The van der Waals surface area contributed by atoms with Crippen molar-refractivity contribution < 1.29 is 52.4 Å². The molecule has 274 valence electrons. The highest BCUT2D eigenvalue weighted by molar-refractivity contribution is 7.54. The Balaban J connectivity index is 1.43. The number of rotatable bonds is 13. The Morgan fingerprint density at radius 2 is 1.59 bits per heavy atom. The van der Waals surface area contributed by atoms with Crippen LogP contribution in [-0.4, -0.2) is 110 Å². The standard InChI is InChI=1S/C30H46ClN6O11P/c1-29(2,3)26(41)44-15-46-49(43,47-16-45-27(42)30(4,5)6)13-19(38)36(7)12-18-21(39)22(40)25(48-18)37-14-32-20-23(33-17-10-8-9-11-17)34-28(31)35-24(20)37/h14,17-18,21-22,25,39-40H,8-13,15-16H2,1-7H3,(H,33,34,35)/t18-,21-,22-,25-/m1/s1. The third-order valence-corrected chi connectivity index (χ3v) is 9.84. The van der Waals surface area contributed by atoms with Gasteiger partial charge in [0.05, 0.1) is 17.2 Å². The van der Waals surface area contributed by atoms with Crippen molar-refractivity contribution in [1.82, 2.24) is 24.4 Å². The first kappa shape index (κ1) is 38.9. The van der Waals surface area contributed by atoms with Crippen molar-refractivity contribution in [2.45, 2.75) is 97.8 Å². The number of aromatic nitrogens is 4. The molecular weight excluding hydrogens is 687 g/mol. The van der Waals surface area contributed by atoms with Crippen LogP contribution in [0.5, 0.6) is 0 Å². The molecule has 4 rings (SSSR count). The van der Waals surface area contributed by atoms with Crippen LogP contribution in [0.4, 0.5) is 5.82 Å². The molecule has 0 radical (unpaired) electrons. The lowest BCUT2D eigenvalue weighted by Crippen LogP contribution is -2.41. The van der Waals surface area contributed by atoms with Crippen molar-refractivity contribution in [1.29, 1.82) is 0 Å². The lowest BCUT2D eigenvalue weighted by Gasteiger charge is -2.25. The second kappa shape index (κ2) is 15.5. The molecule has 1 saturated heterocycles. The van der Waals surface area contributed by atoms with Gasteiger partial charge in [0.15, 0.2) is 23.2 Å². The fourth-order valence-electron chi connectivity index (χ4n) is 5.09. The number of imidazole rings is 1. The van der Waals surface area contributed by atoms with Gasteiger partial charge in [0.25, 0.3) is 0 Å². The van der Waals surface area contributed by atoms with E-state index in [4.69, 9.17) is 34.9 Å². The molecule has 49 heavy (non-hydrogen) atoms. The monoisotopic (exact) mass is 732 g/mol. The van der Waals surface area contributed by atoms with Crippen molar-refractivity contribution >= 4 is 54.0 Å². The summed E-state index contributed by atoms with van der Waals surface area (Å²) in [6.07, 6.45) is -0.401. The number of hydrogen-bond acceptors (Lipinski definition) is 15. The average molecular weight is 733 g/mol. The highest BCUT2D eigenvalue weighted by Crippen LogP contribution is 2.48. The van der Waals surface area contributed by atoms with Crippen molar-refractivity contribution in [3.63, 3.8) is 0 Å². The predicted molar refractivity (Wildman–Crippen MR) is 175 cm³/mol. The zero-order valence-corrected chi connectivity index (χ0v) is 30.4. The maximum Gasteiger partial charge on any atom is 0.345 e. The van der Waals surface area contributed by atoms with Crippen molar-refractivity contribution in [3.8, 4) is 0 Å². The molecule has 17 nitrogen and oxygen atoms in total. The van der Waals surface area contributed by atoms with E-state index in [2.05, 4.69) is 20.3 Å². The number of fused-ring (bicyclic) bond motifs is 1. The molecule has 19 heteroatoms. The minimum Gasteiger partial charge on any atom is -0.438 e. The Morgan fingerprint density at radius 3 is 2.14 bits per heavy atom. The zero-order chi connectivity index (χ0) is 36.3. The van der Waals surface area contributed by atoms with Crippen LogP contribution in [0.3, 0.4) is 0 Å². The summed E-state index contributed by atoms with van der Waals surface area (Å²) in [5, 5.41) is 25.2. The fraction of sp³-hybridized carbons (Fsp3) is 0.733. The first-order chi connectivity index (χ1) is 22.8. The summed E-state index contributed by atoms with van der Waals surface area (Å²) in [5.41, 5.74) is -1.08. The molecule has 0 bridgehead atoms. The van der Waals surface area contributed by atoms with E-state index in [0.717, 1.165) is 30.6 Å². The average Bonchev–Trinajstić information content (AvgIpc) is 3.73. The van der Waals surface area contributed by atoms with E-state index in [1.807, 2.05) is 0 Å². The molecule has 1 saturated carbocycles. The van der Waals surface area contributed by atoms with E-state index in [-0.39, 0.29) is 23.5 Å². The molecule has 3 N–H and O–H groups in total. The van der Waals surface area contributed by atoms with Gasteiger partial charge in [-0.1, -0.05) is 12.8 Å². The van der Waals surface area contributed by atoms with E-state index in [0.29, 0.717) is 11.3 Å². The largest absolute Gasteiger partial charge is 0.438 e. The number of aliphatic hydroxyl groups excluding tert-OH is 2. The number of amides is 1. The van der Waals surface area contributed by atoms with Crippen LogP contribution >= 0.6 is 19.2 Å². The van der Waals surface area contributed by atoms with E-state index in [1.54, 1.807) is 41.5 Å². The Morgan fingerprint density at radius 1 is 1.02 bits per heavy atom. The minimum absolute atomic E-state index is 0.0418. The van der Waals surface area contributed by atoms with E-state index >= 15 is 0 Å². The molecule has 0 unspecified atom stereocenters. The van der Waals surface area contributed by atoms with Gasteiger partial charge in [-0.3, -0.25) is 32.6 Å². The normalized spacial score (nSPS) is 22.0. The summed E-state index contributed by atoms with van der Waals surface area (Å²) in [4.78, 5) is 51.7. The zero-order valence-electron chi connectivity index (χ0n) is 28.8. The van der Waals surface area contributed by atoms with Crippen LogP contribution in [0.15, 0.2) is 6.33 Å². The predicted octanol–water partition coefficient (Wildman–Crippen LogP) is 3.23. The second-order valence-electron chi connectivity index (χ2n) is 14.2. The molecule has 3 heterocycles. The van der Waals surface area contributed by atoms with E-state index < -0.39 is 80.6 Å². The second-order valence-corrected chi connectivity index (χ2v) is 16.6. The highest BCUT2D eigenvalue weighted by atomic mass is 35.5. The molecular formula is C30H46ClN6O11P. The van der Waals surface area contributed by atoms with Crippen molar-refractivity contribution in [2.75, 3.05) is 38.7 Å². The summed E-state index contributed by atoms with van der Waals surface area (Å²) < 4.78 is 41.6. The number of ether oxygens (including phenoxy) is 3. The Labute approximate surface area is 289 Å². The van der Waals surface area contributed by atoms with Crippen molar-refractivity contribution in [3.05, 3.63) is 11.6 Å². The van der Waals surface area contributed by atoms with Crippen molar-refractivity contribution in [2.24, 2.45) is 10.8 Å². The number of carbonyl (C=O) groups excluding carboxylic acids is 3. The number of nitrogens with one attached hydrogen (secondary N) is 1.